The fraction of sp³-hybridized carbons (Fsp3) is 0.222. The lowest BCUT2D eigenvalue weighted by atomic mass is 10.1. The molecule has 0 atom stereocenters. The van der Waals surface area contributed by atoms with Crippen molar-refractivity contribution in [3.8, 4) is 0 Å². The standard InChI is InChI=1S/C9H7ClF2O/c1-4-3-6(11)7(9(10)13)8(12)5(4)2/h3H,1-2H3. The monoisotopic (exact) mass is 204 g/mol. The highest BCUT2D eigenvalue weighted by molar-refractivity contribution is 6.67. The molecule has 0 heterocycles. The lowest BCUT2D eigenvalue weighted by Crippen LogP contribution is -2.03. The number of halogens is 3. The van der Waals surface area contributed by atoms with Crippen molar-refractivity contribution in [3.63, 3.8) is 0 Å². The van der Waals surface area contributed by atoms with Crippen LogP contribution in [0.15, 0.2) is 6.07 Å². The average Bonchev–Trinajstić information content (AvgIpc) is 1.99. The zero-order chi connectivity index (χ0) is 10.2. The minimum Gasteiger partial charge on any atom is -0.275 e. The van der Waals surface area contributed by atoms with Crippen molar-refractivity contribution in [2.75, 3.05) is 0 Å². The van der Waals surface area contributed by atoms with Gasteiger partial charge in [0.1, 0.15) is 17.2 Å². The predicted octanol–water partition coefficient (Wildman–Crippen LogP) is 2.96. The van der Waals surface area contributed by atoms with Gasteiger partial charge in [0.2, 0.25) is 0 Å². The van der Waals surface area contributed by atoms with E-state index < -0.39 is 22.4 Å². The smallest absolute Gasteiger partial charge is 0.258 e. The molecule has 0 aliphatic heterocycles. The largest absolute Gasteiger partial charge is 0.275 e. The third-order valence-corrected chi connectivity index (χ3v) is 2.11. The van der Waals surface area contributed by atoms with Gasteiger partial charge in [0.05, 0.1) is 0 Å². The summed E-state index contributed by atoms with van der Waals surface area (Å²) in [5.41, 5.74) is 0.0202. The van der Waals surface area contributed by atoms with Gasteiger partial charge in [0.25, 0.3) is 5.24 Å². The summed E-state index contributed by atoms with van der Waals surface area (Å²) in [5, 5.41) is -1.11. The highest BCUT2D eigenvalue weighted by atomic mass is 35.5. The molecule has 13 heavy (non-hydrogen) atoms. The van der Waals surface area contributed by atoms with E-state index >= 15 is 0 Å². The van der Waals surface area contributed by atoms with Gasteiger partial charge in [-0.25, -0.2) is 8.78 Å². The molecule has 0 saturated heterocycles. The van der Waals surface area contributed by atoms with E-state index in [1.807, 2.05) is 0 Å². The van der Waals surface area contributed by atoms with Gasteiger partial charge in [-0.15, -0.1) is 0 Å². The summed E-state index contributed by atoms with van der Waals surface area (Å²) in [7, 11) is 0. The van der Waals surface area contributed by atoms with Crippen LogP contribution >= 0.6 is 11.6 Å². The van der Waals surface area contributed by atoms with Crippen molar-refractivity contribution in [1.29, 1.82) is 0 Å². The van der Waals surface area contributed by atoms with Crippen LogP contribution in [0.3, 0.4) is 0 Å². The van der Waals surface area contributed by atoms with Gasteiger partial charge in [-0.3, -0.25) is 4.79 Å². The quantitative estimate of drug-likeness (QED) is 0.643. The summed E-state index contributed by atoms with van der Waals surface area (Å²) < 4.78 is 26.2. The average molecular weight is 205 g/mol. The Hall–Kier alpha value is -0.960. The summed E-state index contributed by atoms with van der Waals surface area (Å²) in [6, 6.07) is 1.09. The summed E-state index contributed by atoms with van der Waals surface area (Å²) in [6.07, 6.45) is 0. The van der Waals surface area contributed by atoms with Crippen molar-refractivity contribution in [3.05, 3.63) is 34.4 Å². The molecule has 0 aliphatic carbocycles. The zero-order valence-electron chi connectivity index (χ0n) is 7.12. The highest BCUT2D eigenvalue weighted by Gasteiger charge is 2.18. The van der Waals surface area contributed by atoms with Crippen molar-refractivity contribution < 1.29 is 13.6 Å². The lowest BCUT2D eigenvalue weighted by Gasteiger charge is -2.05. The van der Waals surface area contributed by atoms with Crippen molar-refractivity contribution in [2.45, 2.75) is 13.8 Å². The molecule has 0 saturated carbocycles. The van der Waals surface area contributed by atoms with E-state index in [0.29, 0.717) is 5.56 Å². The maximum absolute atomic E-state index is 13.2. The molecule has 4 heteroatoms. The zero-order valence-corrected chi connectivity index (χ0v) is 7.88. The Morgan fingerprint density at radius 3 is 2.38 bits per heavy atom. The second-order valence-electron chi connectivity index (χ2n) is 2.76. The number of hydrogen-bond donors (Lipinski definition) is 0. The Morgan fingerprint density at radius 2 is 1.92 bits per heavy atom. The molecule has 0 fully saturated rings. The molecule has 0 N–H and O–H groups in total. The molecule has 1 nitrogen and oxygen atoms in total. The van der Waals surface area contributed by atoms with E-state index in [-0.39, 0.29) is 5.56 Å². The summed E-state index contributed by atoms with van der Waals surface area (Å²) in [6.45, 7) is 3.03. The molecule has 1 aromatic rings. The van der Waals surface area contributed by atoms with Gasteiger partial charge >= 0.3 is 0 Å². The van der Waals surface area contributed by atoms with E-state index in [9.17, 15) is 13.6 Å². The Bertz CT molecular complexity index is 374. The molecular formula is C9H7ClF2O. The molecule has 70 valence electrons. The van der Waals surface area contributed by atoms with Gasteiger partial charge in [-0.2, -0.15) is 0 Å². The van der Waals surface area contributed by atoms with E-state index in [1.54, 1.807) is 6.92 Å². The fourth-order valence-corrected chi connectivity index (χ4v) is 1.19. The van der Waals surface area contributed by atoms with Gasteiger partial charge in [0.15, 0.2) is 0 Å². The van der Waals surface area contributed by atoms with Crippen LogP contribution in [0.25, 0.3) is 0 Å². The van der Waals surface area contributed by atoms with Crippen LogP contribution in [0.2, 0.25) is 0 Å². The highest BCUT2D eigenvalue weighted by Crippen LogP contribution is 2.21. The molecular weight excluding hydrogens is 198 g/mol. The van der Waals surface area contributed by atoms with Crippen molar-refractivity contribution in [1.82, 2.24) is 0 Å². The van der Waals surface area contributed by atoms with Crippen LogP contribution in [-0.2, 0) is 0 Å². The molecule has 0 aliphatic rings. The first kappa shape index (κ1) is 10.1. The third kappa shape index (κ3) is 1.70. The minimum atomic E-state index is -1.11. The number of benzene rings is 1. The van der Waals surface area contributed by atoms with Gasteiger partial charge in [-0.1, -0.05) is 0 Å². The van der Waals surface area contributed by atoms with Gasteiger partial charge in [-0.05, 0) is 42.6 Å². The Morgan fingerprint density at radius 1 is 1.38 bits per heavy atom. The summed E-state index contributed by atoms with van der Waals surface area (Å²) in [4.78, 5) is 10.6. The first-order valence-electron chi connectivity index (χ1n) is 3.60. The molecule has 1 aromatic carbocycles. The SMILES string of the molecule is Cc1cc(F)c(C(=O)Cl)c(F)c1C. The first-order chi connectivity index (χ1) is 5.95. The van der Waals surface area contributed by atoms with Crippen LogP contribution < -0.4 is 0 Å². The second kappa shape index (κ2) is 3.42. The van der Waals surface area contributed by atoms with E-state index in [1.165, 1.54) is 6.92 Å². The number of carbonyl (C=O) groups is 1. The van der Waals surface area contributed by atoms with Crippen LogP contribution in [0.4, 0.5) is 8.78 Å². The van der Waals surface area contributed by atoms with Crippen LogP contribution in [-0.4, -0.2) is 5.24 Å². The van der Waals surface area contributed by atoms with E-state index in [2.05, 4.69) is 0 Å². The Kier molecular flexibility index (Phi) is 2.66. The maximum atomic E-state index is 13.2. The molecule has 0 aromatic heterocycles. The maximum Gasteiger partial charge on any atom is 0.258 e. The second-order valence-corrected chi connectivity index (χ2v) is 3.11. The van der Waals surface area contributed by atoms with Crippen LogP contribution in [0.1, 0.15) is 21.5 Å². The molecule has 0 spiro atoms. The number of carbonyl (C=O) groups excluding carboxylic acids is 1. The summed E-state index contributed by atoms with van der Waals surface area (Å²) in [5.74, 6) is -1.79. The molecule has 1 rings (SSSR count). The number of aryl methyl sites for hydroxylation is 1. The number of rotatable bonds is 1. The molecule has 0 radical (unpaired) electrons. The molecule has 0 bridgehead atoms. The summed E-state index contributed by atoms with van der Waals surface area (Å²) >= 11 is 5.02. The molecule has 0 amide bonds. The fourth-order valence-electron chi connectivity index (χ4n) is 1.02. The number of hydrogen-bond acceptors (Lipinski definition) is 1. The Labute approximate surface area is 79.3 Å². The normalized spacial score (nSPS) is 10.2. The Balaban J connectivity index is 3.53. The molecule has 0 unspecified atom stereocenters. The van der Waals surface area contributed by atoms with Crippen LogP contribution in [0, 0.1) is 25.5 Å². The van der Waals surface area contributed by atoms with Gasteiger partial charge in [0, 0.05) is 0 Å². The van der Waals surface area contributed by atoms with Crippen molar-refractivity contribution >= 4 is 16.8 Å². The van der Waals surface area contributed by atoms with Crippen LogP contribution in [0.5, 0.6) is 0 Å². The van der Waals surface area contributed by atoms with E-state index in [0.717, 1.165) is 6.07 Å². The van der Waals surface area contributed by atoms with Crippen molar-refractivity contribution in [2.24, 2.45) is 0 Å². The lowest BCUT2D eigenvalue weighted by molar-refractivity contribution is 0.107. The third-order valence-electron chi connectivity index (χ3n) is 1.92. The predicted molar refractivity (Wildman–Crippen MR) is 46.0 cm³/mol. The first-order valence-corrected chi connectivity index (χ1v) is 3.98. The topological polar surface area (TPSA) is 17.1 Å². The van der Waals surface area contributed by atoms with E-state index in [4.69, 9.17) is 11.6 Å². The minimum absolute atomic E-state index is 0.241. The van der Waals surface area contributed by atoms with Gasteiger partial charge < -0.3 is 0 Å².